The molecular weight excluding hydrogens is 470 g/mol. The van der Waals surface area contributed by atoms with Crippen LogP contribution in [0.15, 0.2) is 71.2 Å². The number of carbonyl (C=O) groups is 3. The van der Waals surface area contributed by atoms with Crippen LogP contribution in [0.2, 0.25) is 0 Å². The van der Waals surface area contributed by atoms with Crippen molar-refractivity contribution < 1.29 is 14.4 Å². The van der Waals surface area contributed by atoms with Gasteiger partial charge in [-0.05, 0) is 54.5 Å². The monoisotopic (exact) mass is 493 g/mol. The number of nitrogens with zero attached hydrogens (tertiary/aromatic N) is 1. The lowest BCUT2D eigenvalue weighted by Gasteiger charge is -2.38. The summed E-state index contributed by atoms with van der Waals surface area (Å²) in [5.74, 6) is -0.713. The third-order valence-electron chi connectivity index (χ3n) is 6.78. The molecule has 1 heterocycles. The minimum Gasteiger partial charge on any atom is -0.317 e. The van der Waals surface area contributed by atoms with E-state index < -0.39 is 12.2 Å². The van der Waals surface area contributed by atoms with Crippen molar-refractivity contribution in [2.75, 3.05) is 5.32 Å². The Balaban J connectivity index is 1.40. The summed E-state index contributed by atoms with van der Waals surface area (Å²) in [7, 11) is 0. The third kappa shape index (κ3) is 3.86. The highest BCUT2D eigenvalue weighted by Gasteiger charge is 2.58. The molecule has 6 nitrogen and oxygen atoms in total. The van der Waals surface area contributed by atoms with Crippen molar-refractivity contribution in [3.05, 3.63) is 76.8 Å². The summed E-state index contributed by atoms with van der Waals surface area (Å²) >= 11 is 3.38. The lowest BCUT2D eigenvalue weighted by Crippen LogP contribution is -2.53. The molecule has 2 aromatic carbocycles. The number of fused-ring (bicyclic) bond motifs is 1. The number of hydrogen-bond donors (Lipinski definition) is 2. The fourth-order valence-corrected chi connectivity index (χ4v) is 5.56. The summed E-state index contributed by atoms with van der Waals surface area (Å²) < 4.78 is 0.907. The van der Waals surface area contributed by atoms with Gasteiger partial charge in [-0.1, -0.05) is 58.4 Å². The van der Waals surface area contributed by atoms with E-state index in [4.69, 9.17) is 0 Å². The number of halogens is 1. The number of benzene rings is 2. The van der Waals surface area contributed by atoms with E-state index in [0.717, 1.165) is 22.9 Å². The molecule has 2 N–H and O–H groups in total. The molecule has 1 aliphatic heterocycles. The first kappa shape index (κ1) is 20.9. The van der Waals surface area contributed by atoms with Gasteiger partial charge in [0.15, 0.2) is 0 Å². The Morgan fingerprint density at radius 1 is 0.938 bits per heavy atom. The predicted molar refractivity (Wildman–Crippen MR) is 124 cm³/mol. The zero-order valence-corrected chi connectivity index (χ0v) is 19.0. The van der Waals surface area contributed by atoms with Crippen LogP contribution in [0.5, 0.6) is 0 Å². The average Bonchev–Trinajstić information content (AvgIpc) is 3.09. The largest absolute Gasteiger partial charge is 0.320 e. The number of nitrogens with one attached hydrogen (secondary N) is 2. The smallest absolute Gasteiger partial charge is 0.317 e. The molecule has 0 spiro atoms. The Morgan fingerprint density at radius 2 is 1.53 bits per heavy atom. The fraction of sp³-hybridized carbons (Fsp3) is 0.320. The molecule has 2 fully saturated rings. The van der Waals surface area contributed by atoms with E-state index in [2.05, 4.69) is 38.7 Å². The summed E-state index contributed by atoms with van der Waals surface area (Å²) in [5.41, 5.74) is 1.57. The zero-order valence-electron chi connectivity index (χ0n) is 17.4. The number of anilines is 1. The highest BCUT2D eigenvalue weighted by Crippen LogP contribution is 2.50. The quantitative estimate of drug-likeness (QED) is 0.480. The second-order valence-electron chi connectivity index (χ2n) is 8.70. The van der Waals surface area contributed by atoms with Crippen LogP contribution < -0.4 is 10.6 Å². The first-order chi connectivity index (χ1) is 15.5. The topological polar surface area (TPSA) is 78.5 Å². The van der Waals surface area contributed by atoms with E-state index in [1.807, 2.05) is 42.5 Å². The maximum absolute atomic E-state index is 13.4. The summed E-state index contributed by atoms with van der Waals surface area (Å²) in [6, 6.07) is 16.4. The lowest BCUT2D eigenvalue weighted by molar-refractivity contribution is -0.143. The van der Waals surface area contributed by atoms with Gasteiger partial charge < -0.3 is 10.6 Å². The van der Waals surface area contributed by atoms with Crippen molar-refractivity contribution in [1.29, 1.82) is 0 Å². The van der Waals surface area contributed by atoms with Gasteiger partial charge >= 0.3 is 6.03 Å². The number of allylic oxidation sites excluding steroid dienone is 2. The van der Waals surface area contributed by atoms with Gasteiger partial charge in [-0.25, -0.2) is 4.79 Å². The van der Waals surface area contributed by atoms with Gasteiger partial charge in [-0.2, -0.15) is 0 Å². The van der Waals surface area contributed by atoms with Crippen LogP contribution in [-0.4, -0.2) is 28.9 Å². The van der Waals surface area contributed by atoms with E-state index in [0.29, 0.717) is 12.1 Å². The Labute approximate surface area is 195 Å². The number of carbonyl (C=O) groups excluding carboxylic acids is 3. The molecule has 4 amide bonds. The zero-order chi connectivity index (χ0) is 22.2. The number of likely N-dealkylation sites (tertiary alicyclic amines) is 1. The van der Waals surface area contributed by atoms with Gasteiger partial charge in [0.1, 0.15) is 6.17 Å². The molecule has 2 aromatic rings. The van der Waals surface area contributed by atoms with Crippen LogP contribution in [0.25, 0.3) is 0 Å². The average molecular weight is 494 g/mol. The summed E-state index contributed by atoms with van der Waals surface area (Å²) in [5, 5.41) is 5.69. The van der Waals surface area contributed by atoms with Gasteiger partial charge in [0.05, 0.1) is 11.8 Å². The molecule has 32 heavy (non-hydrogen) atoms. The summed E-state index contributed by atoms with van der Waals surface area (Å²) in [4.78, 5) is 41.0. The lowest BCUT2D eigenvalue weighted by atomic mass is 9.63. The first-order valence-corrected chi connectivity index (χ1v) is 11.7. The van der Waals surface area contributed by atoms with E-state index in [1.165, 1.54) is 4.90 Å². The Morgan fingerprint density at radius 3 is 2.09 bits per heavy atom. The van der Waals surface area contributed by atoms with Crippen LogP contribution in [-0.2, 0) is 16.0 Å². The van der Waals surface area contributed by atoms with Crippen LogP contribution in [0, 0.1) is 23.7 Å². The molecule has 4 aliphatic rings. The summed E-state index contributed by atoms with van der Waals surface area (Å²) in [6.45, 7) is 0. The fourth-order valence-electron chi connectivity index (χ4n) is 5.30. The van der Waals surface area contributed by atoms with Crippen molar-refractivity contribution in [3.63, 3.8) is 0 Å². The van der Waals surface area contributed by atoms with Gasteiger partial charge in [0, 0.05) is 16.6 Å². The normalized spacial score (nSPS) is 26.7. The molecule has 0 aromatic heterocycles. The van der Waals surface area contributed by atoms with Crippen molar-refractivity contribution in [2.45, 2.75) is 25.4 Å². The van der Waals surface area contributed by atoms with Gasteiger partial charge in [-0.3, -0.25) is 14.5 Å². The number of rotatable bonds is 5. The van der Waals surface area contributed by atoms with Gasteiger partial charge in [0.25, 0.3) is 0 Å². The first-order valence-electron chi connectivity index (χ1n) is 10.9. The standard InChI is InChI=1S/C25H24BrN3O3/c26-18-10-12-19(13-11-18)27-25(32)28-20(14-15-4-2-1-3-5-15)29-23(30)21-16-6-7-17(9-8-16)22(21)24(29)31/h1-7,10-13,16-17,20-22H,8-9,14H2,(H2,27,28,32). The molecule has 5 atom stereocenters. The van der Waals surface area contributed by atoms with E-state index in [9.17, 15) is 14.4 Å². The van der Waals surface area contributed by atoms with Crippen molar-refractivity contribution >= 4 is 39.5 Å². The second-order valence-corrected chi connectivity index (χ2v) is 9.61. The van der Waals surface area contributed by atoms with E-state index in [-0.39, 0.29) is 35.5 Å². The Kier molecular flexibility index (Phi) is 5.59. The molecule has 164 valence electrons. The minimum absolute atomic E-state index is 0.111. The van der Waals surface area contributed by atoms with Crippen LogP contribution >= 0.6 is 15.9 Å². The number of amides is 4. The number of urea groups is 1. The van der Waals surface area contributed by atoms with Gasteiger partial charge in [0.2, 0.25) is 11.8 Å². The third-order valence-corrected chi connectivity index (χ3v) is 7.31. The maximum atomic E-state index is 13.4. The molecule has 6 rings (SSSR count). The summed E-state index contributed by atoms with van der Waals surface area (Å²) in [6.07, 6.45) is 5.69. The van der Waals surface area contributed by atoms with E-state index >= 15 is 0 Å². The molecule has 0 radical (unpaired) electrons. The number of hydrogen-bond acceptors (Lipinski definition) is 3. The van der Waals surface area contributed by atoms with Crippen molar-refractivity contribution in [3.8, 4) is 0 Å². The molecular formula is C25H24BrN3O3. The molecule has 1 saturated heterocycles. The maximum Gasteiger partial charge on any atom is 0.320 e. The molecule has 3 aliphatic carbocycles. The van der Waals surface area contributed by atoms with Crippen molar-refractivity contribution in [1.82, 2.24) is 10.2 Å². The molecule has 7 heteroatoms. The van der Waals surface area contributed by atoms with Gasteiger partial charge in [-0.15, -0.1) is 0 Å². The second kappa shape index (κ2) is 8.54. The van der Waals surface area contributed by atoms with Crippen LogP contribution in [0.4, 0.5) is 10.5 Å². The SMILES string of the molecule is O=C(Nc1ccc(Br)cc1)NC(Cc1ccccc1)N1C(=O)C2C3C=CC(CC3)C2C1=O. The Hall–Kier alpha value is -2.93. The minimum atomic E-state index is -0.752. The van der Waals surface area contributed by atoms with E-state index in [1.54, 1.807) is 12.1 Å². The van der Waals surface area contributed by atoms with Crippen molar-refractivity contribution in [2.24, 2.45) is 23.7 Å². The Bertz CT molecular complexity index is 1040. The predicted octanol–water partition coefficient (Wildman–Crippen LogP) is 4.34. The van der Waals surface area contributed by atoms with Crippen LogP contribution in [0.1, 0.15) is 18.4 Å². The molecule has 2 bridgehead atoms. The highest BCUT2D eigenvalue weighted by molar-refractivity contribution is 9.10. The molecule has 1 saturated carbocycles. The number of imide groups is 1. The molecule has 5 unspecified atom stereocenters. The highest BCUT2D eigenvalue weighted by atomic mass is 79.9. The van der Waals surface area contributed by atoms with Crippen LogP contribution in [0.3, 0.4) is 0 Å².